The summed E-state index contributed by atoms with van der Waals surface area (Å²) in [7, 11) is 1.54. The third-order valence-electron chi connectivity index (χ3n) is 4.66. The Bertz CT molecular complexity index is 1050. The summed E-state index contributed by atoms with van der Waals surface area (Å²) in [5, 5.41) is 0.383. The highest BCUT2D eigenvalue weighted by molar-refractivity contribution is 8.26. The molecule has 1 heterocycles. The quantitative estimate of drug-likeness (QED) is 0.183. The Morgan fingerprint density at radius 2 is 1.94 bits per heavy atom. The lowest BCUT2D eigenvalue weighted by molar-refractivity contribution is -0.121. The van der Waals surface area contributed by atoms with Gasteiger partial charge in [0.15, 0.2) is 11.5 Å². The molecule has 5 nitrogen and oxygen atoms in total. The van der Waals surface area contributed by atoms with Crippen molar-refractivity contribution in [1.29, 1.82) is 0 Å². The van der Waals surface area contributed by atoms with Crippen molar-refractivity contribution >= 4 is 51.9 Å². The van der Waals surface area contributed by atoms with Crippen LogP contribution in [0.5, 0.6) is 17.2 Å². The number of thiocarbonyl (C=S) groups is 1. The molecular formula is C24H24ClNO4S2. The number of ether oxygens (including phenoxy) is 3. The van der Waals surface area contributed by atoms with Gasteiger partial charge in [0.25, 0.3) is 5.91 Å². The van der Waals surface area contributed by atoms with E-state index < -0.39 is 0 Å². The van der Waals surface area contributed by atoms with Crippen molar-refractivity contribution in [3.63, 3.8) is 0 Å². The molecule has 0 saturated carbocycles. The Morgan fingerprint density at radius 3 is 2.62 bits per heavy atom. The SMILES string of the molecule is C=CCc1ccccc1OCCOc1c(Cl)cc(/C=C2\SC(=S)N(CC)C2=O)cc1OC. The summed E-state index contributed by atoms with van der Waals surface area (Å²) in [5.41, 5.74) is 1.79. The number of halogens is 1. The Kier molecular flexibility index (Phi) is 8.61. The van der Waals surface area contributed by atoms with Crippen LogP contribution in [0.3, 0.4) is 0 Å². The van der Waals surface area contributed by atoms with Gasteiger partial charge in [-0.3, -0.25) is 9.69 Å². The van der Waals surface area contributed by atoms with Gasteiger partial charge < -0.3 is 14.2 Å². The molecule has 2 aromatic rings. The van der Waals surface area contributed by atoms with Crippen LogP contribution >= 0.6 is 35.6 Å². The number of carbonyl (C=O) groups is 1. The fourth-order valence-electron chi connectivity index (χ4n) is 3.15. The number of methoxy groups -OCH3 is 1. The average molecular weight is 490 g/mol. The van der Waals surface area contributed by atoms with Crippen molar-refractivity contribution in [1.82, 2.24) is 4.90 Å². The zero-order chi connectivity index (χ0) is 23.1. The predicted molar refractivity (Wildman–Crippen MR) is 135 cm³/mol. The van der Waals surface area contributed by atoms with Gasteiger partial charge in [-0.25, -0.2) is 0 Å². The highest BCUT2D eigenvalue weighted by Gasteiger charge is 2.30. The van der Waals surface area contributed by atoms with E-state index in [2.05, 4.69) is 6.58 Å². The van der Waals surface area contributed by atoms with Crippen molar-refractivity contribution < 1.29 is 19.0 Å². The molecule has 0 bridgehead atoms. The smallest absolute Gasteiger partial charge is 0.266 e. The summed E-state index contributed by atoms with van der Waals surface area (Å²) >= 11 is 13.0. The molecule has 168 valence electrons. The number of hydrogen-bond acceptors (Lipinski definition) is 6. The molecule has 32 heavy (non-hydrogen) atoms. The van der Waals surface area contributed by atoms with Gasteiger partial charge in [0, 0.05) is 6.54 Å². The maximum atomic E-state index is 12.5. The summed E-state index contributed by atoms with van der Waals surface area (Å²) in [6, 6.07) is 11.3. The number of allylic oxidation sites excluding steroid dienone is 1. The molecule has 1 amide bonds. The minimum absolute atomic E-state index is 0.105. The molecular weight excluding hydrogens is 466 g/mol. The normalized spacial score (nSPS) is 14.7. The first-order chi connectivity index (χ1) is 15.5. The second-order valence-corrected chi connectivity index (χ2v) is 8.84. The van der Waals surface area contributed by atoms with Gasteiger partial charge in [0.1, 0.15) is 23.3 Å². The first-order valence-electron chi connectivity index (χ1n) is 10.1. The van der Waals surface area contributed by atoms with E-state index in [9.17, 15) is 4.79 Å². The molecule has 1 aliphatic rings. The van der Waals surface area contributed by atoms with Gasteiger partial charge in [0.05, 0.1) is 17.0 Å². The molecule has 0 N–H and O–H groups in total. The number of thioether (sulfide) groups is 1. The van der Waals surface area contributed by atoms with Crippen LogP contribution in [0.4, 0.5) is 0 Å². The van der Waals surface area contributed by atoms with Crippen LogP contribution in [0, 0.1) is 0 Å². The van der Waals surface area contributed by atoms with E-state index in [1.807, 2.05) is 37.3 Å². The van der Waals surface area contributed by atoms with Crippen LogP contribution in [0.1, 0.15) is 18.1 Å². The minimum atomic E-state index is -0.105. The molecule has 1 fully saturated rings. The number of hydrogen-bond donors (Lipinski definition) is 0. The molecule has 0 unspecified atom stereocenters. The van der Waals surface area contributed by atoms with E-state index in [0.717, 1.165) is 23.3 Å². The lowest BCUT2D eigenvalue weighted by Crippen LogP contribution is -2.27. The number of nitrogens with zero attached hydrogens (tertiary/aromatic N) is 1. The topological polar surface area (TPSA) is 48.0 Å². The third kappa shape index (κ3) is 5.65. The lowest BCUT2D eigenvalue weighted by Gasteiger charge is -2.15. The summed E-state index contributed by atoms with van der Waals surface area (Å²) in [4.78, 5) is 14.6. The Morgan fingerprint density at radius 1 is 1.19 bits per heavy atom. The molecule has 0 aromatic heterocycles. The van der Waals surface area contributed by atoms with Crippen molar-refractivity contribution in [2.24, 2.45) is 0 Å². The van der Waals surface area contributed by atoms with Crippen LogP contribution in [0.15, 0.2) is 54.0 Å². The van der Waals surface area contributed by atoms with Crippen LogP contribution in [0.25, 0.3) is 6.08 Å². The summed E-state index contributed by atoms with van der Waals surface area (Å²) < 4.78 is 17.7. The van der Waals surface area contributed by atoms with E-state index in [4.69, 9.17) is 38.0 Å². The van der Waals surface area contributed by atoms with Crippen LogP contribution in [0.2, 0.25) is 5.02 Å². The van der Waals surface area contributed by atoms with Gasteiger partial charge in [-0.05, 0) is 48.7 Å². The number of rotatable bonds is 10. The maximum absolute atomic E-state index is 12.5. The molecule has 8 heteroatoms. The molecule has 0 aliphatic carbocycles. The van der Waals surface area contributed by atoms with Crippen molar-refractivity contribution in [3.05, 3.63) is 70.1 Å². The fourth-order valence-corrected chi connectivity index (χ4v) is 4.81. The van der Waals surface area contributed by atoms with Gasteiger partial charge in [-0.2, -0.15) is 0 Å². The summed E-state index contributed by atoms with van der Waals surface area (Å²) in [6.45, 7) is 6.83. The first-order valence-corrected chi connectivity index (χ1v) is 11.7. The van der Waals surface area contributed by atoms with Crippen LogP contribution in [-0.2, 0) is 11.2 Å². The van der Waals surface area contributed by atoms with Gasteiger partial charge in [0.2, 0.25) is 0 Å². The molecule has 0 atom stereocenters. The van der Waals surface area contributed by atoms with Crippen molar-refractivity contribution in [3.8, 4) is 17.2 Å². The molecule has 2 aromatic carbocycles. The third-order valence-corrected chi connectivity index (χ3v) is 6.32. The molecule has 0 spiro atoms. The van der Waals surface area contributed by atoms with Crippen molar-refractivity contribution in [2.75, 3.05) is 26.9 Å². The Labute approximate surface area is 203 Å². The minimum Gasteiger partial charge on any atom is -0.493 e. The van der Waals surface area contributed by atoms with E-state index in [-0.39, 0.29) is 12.5 Å². The highest BCUT2D eigenvalue weighted by Crippen LogP contribution is 2.39. The van der Waals surface area contributed by atoms with Crippen LogP contribution in [-0.4, -0.2) is 42.0 Å². The summed E-state index contributed by atoms with van der Waals surface area (Å²) in [6.07, 6.45) is 4.33. The standard InChI is InChI=1S/C24H24ClNO4S2/c1-4-8-17-9-6-7-10-19(17)29-11-12-30-22-18(25)13-16(14-20(22)28-3)15-21-23(27)26(5-2)24(31)32-21/h4,6-7,9-10,13-15H,1,5,8,11-12H2,2-3H3/b21-15-. The number of likely N-dealkylation sites (N-methyl/N-ethyl adjacent to an activating group) is 1. The fraction of sp³-hybridized carbons (Fsp3) is 0.250. The molecule has 3 rings (SSSR count). The second-order valence-electron chi connectivity index (χ2n) is 6.76. The van der Waals surface area contributed by atoms with E-state index >= 15 is 0 Å². The zero-order valence-corrected chi connectivity index (χ0v) is 20.3. The number of amides is 1. The lowest BCUT2D eigenvalue weighted by atomic mass is 10.1. The molecule has 1 saturated heterocycles. The average Bonchev–Trinajstić information content (AvgIpc) is 3.05. The van der Waals surface area contributed by atoms with Gasteiger partial charge in [-0.1, -0.05) is 59.9 Å². The van der Waals surface area contributed by atoms with Crippen LogP contribution < -0.4 is 14.2 Å². The van der Waals surface area contributed by atoms with Crippen molar-refractivity contribution in [2.45, 2.75) is 13.3 Å². The van der Waals surface area contributed by atoms with E-state index in [0.29, 0.717) is 38.9 Å². The van der Waals surface area contributed by atoms with E-state index in [1.54, 1.807) is 30.2 Å². The Hall–Kier alpha value is -2.48. The van der Waals surface area contributed by atoms with Gasteiger partial charge >= 0.3 is 0 Å². The monoisotopic (exact) mass is 489 g/mol. The predicted octanol–water partition coefficient (Wildman–Crippen LogP) is 5.76. The molecule has 1 aliphatic heterocycles. The van der Waals surface area contributed by atoms with E-state index in [1.165, 1.54) is 11.8 Å². The largest absolute Gasteiger partial charge is 0.493 e. The Balaban J connectivity index is 1.68. The maximum Gasteiger partial charge on any atom is 0.266 e. The number of para-hydroxylation sites is 1. The first kappa shape index (κ1) is 24.2. The zero-order valence-electron chi connectivity index (χ0n) is 17.9. The second kappa shape index (κ2) is 11.4. The van der Waals surface area contributed by atoms with Gasteiger partial charge in [-0.15, -0.1) is 6.58 Å². The number of carbonyl (C=O) groups excluding carboxylic acids is 1. The highest BCUT2D eigenvalue weighted by atomic mass is 35.5. The summed E-state index contributed by atoms with van der Waals surface area (Å²) in [5.74, 6) is 1.60. The molecule has 0 radical (unpaired) electrons. The number of benzene rings is 2.